The van der Waals surface area contributed by atoms with E-state index in [-0.39, 0.29) is 25.3 Å². The predicted octanol–water partition coefficient (Wildman–Crippen LogP) is 4.78. The van der Waals surface area contributed by atoms with E-state index in [1.165, 1.54) is 0 Å². The van der Waals surface area contributed by atoms with Crippen LogP contribution in [0.25, 0.3) is 17.0 Å². The fourth-order valence-corrected chi connectivity index (χ4v) is 3.95. The van der Waals surface area contributed by atoms with Gasteiger partial charge in [0.2, 0.25) is 0 Å². The van der Waals surface area contributed by atoms with E-state index in [1.807, 2.05) is 65.6 Å². The lowest BCUT2D eigenvalue weighted by atomic mass is 10.0. The molecule has 0 unspecified atom stereocenters. The van der Waals surface area contributed by atoms with Gasteiger partial charge in [0.25, 0.3) is 0 Å². The van der Waals surface area contributed by atoms with Gasteiger partial charge >= 0.3 is 6.09 Å². The van der Waals surface area contributed by atoms with Crippen LogP contribution in [0.5, 0.6) is 0 Å². The van der Waals surface area contributed by atoms with E-state index in [0.717, 1.165) is 40.7 Å². The summed E-state index contributed by atoms with van der Waals surface area (Å²) in [5, 5.41) is 10.2. The first-order valence-electron chi connectivity index (χ1n) is 10.0. The van der Waals surface area contributed by atoms with E-state index in [1.54, 1.807) is 6.08 Å². The summed E-state index contributed by atoms with van der Waals surface area (Å²) in [6.45, 7) is 0.940. The van der Waals surface area contributed by atoms with Crippen molar-refractivity contribution in [2.75, 3.05) is 13.2 Å². The Morgan fingerprint density at radius 3 is 2.79 bits per heavy atom. The van der Waals surface area contributed by atoms with Gasteiger partial charge in [0.05, 0.1) is 6.61 Å². The number of carbonyl (C=O) groups is 1. The largest absolute Gasteiger partial charge is 0.456 e. The molecule has 0 aliphatic carbocycles. The number of likely N-dealkylation sites (tertiary alicyclic amines) is 1. The van der Waals surface area contributed by atoms with Gasteiger partial charge in [0.1, 0.15) is 18.0 Å². The average Bonchev–Trinajstić information content (AvgIpc) is 3.36. The quantitative estimate of drug-likeness (QED) is 0.657. The number of fused-ring (bicyclic) bond motifs is 1. The number of nitrogens with zero attached hydrogens (tertiary/aromatic N) is 1. The zero-order chi connectivity index (χ0) is 20.1. The third kappa shape index (κ3) is 4.35. The lowest BCUT2D eigenvalue weighted by Gasteiger charge is -2.24. The van der Waals surface area contributed by atoms with Gasteiger partial charge in [-0.2, -0.15) is 0 Å². The molecule has 1 aliphatic rings. The summed E-state index contributed by atoms with van der Waals surface area (Å²) < 4.78 is 11.5. The first kappa shape index (κ1) is 19.3. The molecule has 0 spiro atoms. The van der Waals surface area contributed by atoms with Gasteiger partial charge < -0.3 is 19.2 Å². The standard InChI is InChI=1S/C24H25NO4/c26-15-7-13-23-21(20-11-4-5-12-22(20)29-23)16-19-10-6-14-25(19)24(27)28-17-18-8-2-1-3-9-18/h1-5,7-9,11-13,19,26H,6,10,14-17H2/b13-7+/t19-/m0/s1. The van der Waals surface area contributed by atoms with Gasteiger partial charge in [-0.05, 0) is 37.0 Å². The van der Waals surface area contributed by atoms with Crippen molar-refractivity contribution in [2.45, 2.75) is 31.9 Å². The Morgan fingerprint density at radius 2 is 1.97 bits per heavy atom. The van der Waals surface area contributed by atoms with Gasteiger partial charge in [-0.25, -0.2) is 4.79 Å². The molecule has 2 aromatic carbocycles. The highest BCUT2D eigenvalue weighted by atomic mass is 16.6. The highest BCUT2D eigenvalue weighted by Crippen LogP contribution is 2.31. The number of amides is 1. The van der Waals surface area contributed by atoms with E-state index in [0.29, 0.717) is 13.0 Å². The van der Waals surface area contributed by atoms with Crippen molar-refractivity contribution in [3.63, 3.8) is 0 Å². The number of aliphatic hydroxyl groups excluding tert-OH is 1. The number of furan rings is 1. The van der Waals surface area contributed by atoms with Gasteiger partial charge in [-0.1, -0.05) is 54.6 Å². The van der Waals surface area contributed by atoms with E-state index in [2.05, 4.69) is 0 Å². The van der Waals surface area contributed by atoms with Gasteiger partial charge in [-0.3, -0.25) is 0 Å². The Morgan fingerprint density at radius 1 is 1.17 bits per heavy atom. The molecule has 0 saturated carbocycles. The van der Waals surface area contributed by atoms with Crippen LogP contribution in [0.1, 0.15) is 29.7 Å². The van der Waals surface area contributed by atoms with Crippen molar-refractivity contribution in [1.82, 2.24) is 4.90 Å². The molecule has 1 aliphatic heterocycles. The average molecular weight is 391 g/mol. The summed E-state index contributed by atoms with van der Waals surface area (Å²) in [6.07, 6.45) is 5.80. The zero-order valence-electron chi connectivity index (χ0n) is 16.3. The van der Waals surface area contributed by atoms with Crippen LogP contribution >= 0.6 is 0 Å². The molecule has 1 amide bonds. The normalized spacial score (nSPS) is 16.7. The second-order valence-corrected chi connectivity index (χ2v) is 7.26. The number of aliphatic hydroxyl groups is 1. The maximum absolute atomic E-state index is 12.7. The molecule has 1 saturated heterocycles. The van der Waals surface area contributed by atoms with Crippen LogP contribution in [-0.4, -0.2) is 35.3 Å². The topological polar surface area (TPSA) is 62.9 Å². The first-order chi connectivity index (χ1) is 14.3. The van der Waals surface area contributed by atoms with Crippen LogP contribution in [-0.2, 0) is 17.8 Å². The summed E-state index contributed by atoms with van der Waals surface area (Å²) in [5.41, 5.74) is 2.86. The van der Waals surface area contributed by atoms with Crippen molar-refractivity contribution in [3.05, 3.63) is 77.6 Å². The molecule has 2 heterocycles. The van der Waals surface area contributed by atoms with Crippen LogP contribution in [0.15, 0.2) is 65.1 Å². The maximum atomic E-state index is 12.7. The van der Waals surface area contributed by atoms with E-state index in [4.69, 9.17) is 14.3 Å². The van der Waals surface area contributed by atoms with E-state index < -0.39 is 0 Å². The molecule has 1 N–H and O–H groups in total. The van der Waals surface area contributed by atoms with Crippen LogP contribution in [0, 0.1) is 0 Å². The maximum Gasteiger partial charge on any atom is 0.410 e. The highest BCUT2D eigenvalue weighted by Gasteiger charge is 2.31. The monoisotopic (exact) mass is 391 g/mol. The molecule has 150 valence electrons. The molecular weight excluding hydrogens is 366 g/mol. The van der Waals surface area contributed by atoms with Crippen molar-refractivity contribution in [1.29, 1.82) is 0 Å². The van der Waals surface area contributed by atoms with Crippen molar-refractivity contribution in [3.8, 4) is 0 Å². The SMILES string of the molecule is O=C(OCc1ccccc1)N1CCC[C@H]1Cc1c(/C=C/CO)oc2ccccc12. The second-order valence-electron chi connectivity index (χ2n) is 7.26. The van der Waals surface area contributed by atoms with Crippen molar-refractivity contribution < 1.29 is 19.1 Å². The predicted molar refractivity (Wildman–Crippen MR) is 112 cm³/mol. The van der Waals surface area contributed by atoms with E-state index >= 15 is 0 Å². The fourth-order valence-electron chi connectivity index (χ4n) is 3.95. The number of para-hydroxylation sites is 1. The number of benzene rings is 2. The van der Waals surface area contributed by atoms with Crippen LogP contribution in [0.3, 0.4) is 0 Å². The van der Waals surface area contributed by atoms with Gasteiger partial charge in [0, 0.05) is 23.5 Å². The zero-order valence-corrected chi connectivity index (χ0v) is 16.3. The van der Waals surface area contributed by atoms with E-state index in [9.17, 15) is 4.79 Å². The Bertz CT molecular complexity index is 993. The van der Waals surface area contributed by atoms with Gasteiger partial charge in [0.15, 0.2) is 0 Å². The molecule has 0 radical (unpaired) electrons. The molecule has 4 rings (SSSR count). The smallest absolute Gasteiger partial charge is 0.410 e. The molecule has 5 nitrogen and oxygen atoms in total. The fraction of sp³-hybridized carbons (Fsp3) is 0.292. The summed E-state index contributed by atoms with van der Waals surface area (Å²) in [7, 11) is 0. The van der Waals surface area contributed by atoms with Crippen molar-refractivity contribution >= 4 is 23.1 Å². The number of carbonyl (C=O) groups excluding carboxylic acids is 1. The molecule has 1 fully saturated rings. The van der Waals surface area contributed by atoms with Crippen LogP contribution < -0.4 is 0 Å². The highest BCUT2D eigenvalue weighted by molar-refractivity contribution is 5.84. The van der Waals surface area contributed by atoms with Crippen molar-refractivity contribution in [2.24, 2.45) is 0 Å². The Labute approximate surface area is 170 Å². The number of ether oxygens (including phenoxy) is 1. The Kier molecular flexibility index (Phi) is 5.96. The minimum Gasteiger partial charge on any atom is -0.456 e. The Hall–Kier alpha value is -3.05. The minimum atomic E-state index is -0.267. The third-order valence-corrected chi connectivity index (χ3v) is 5.36. The lowest BCUT2D eigenvalue weighted by molar-refractivity contribution is 0.0921. The summed E-state index contributed by atoms with van der Waals surface area (Å²) in [5.74, 6) is 0.741. The first-order valence-corrected chi connectivity index (χ1v) is 10.0. The van der Waals surface area contributed by atoms with Crippen LogP contribution in [0.2, 0.25) is 0 Å². The molecule has 1 atom stereocenters. The second kappa shape index (κ2) is 8.97. The number of hydrogen-bond acceptors (Lipinski definition) is 4. The molecule has 0 bridgehead atoms. The third-order valence-electron chi connectivity index (χ3n) is 5.36. The summed E-state index contributed by atoms with van der Waals surface area (Å²) in [6, 6.07) is 17.7. The molecule has 5 heteroatoms. The lowest BCUT2D eigenvalue weighted by Crippen LogP contribution is -2.37. The summed E-state index contributed by atoms with van der Waals surface area (Å²) >= 11 is 0. The molecule has 1 aromatic heterocycles. The molecular formula is C24H25NO4. The number of hydrogen-bond donors (Lipinski definition) is 1. The van der Waals surface area contributed by atoms with Crippen LogP contribution in [0.4, 0.5) is 4.79 Å². The number of rotatable bonds is 6. The van der Waals surface area contributed by atoms with Gasteiger partial charge in [-0.15, -0.1) is 0 Å². The Balaban J connectivity index is 1.51. The minimum absolute atomic E-state index is 0.0438. The molecule has 3 aromatic rings. The molecule has 29 heavy (non-hydrogen) atoms. The summed E-state index contributed by atoms with van der Waals surface area (Å²) in [4.78, 5) is 14.5.